The lowest BCUT2D eigenvalue weighted by atomic mass is 10.1. The van der Waals surface area contributed by atoms with Crippen molar-refractivity contribution in [3.05, 3.63) is 59.8 Å². The summed E-state index contributed by atoms with van der Waals surface area (Å²) in [6.07, 6.45) is 1.26. The van der Waals surface area contributed by atoms with Crippen molar-refractivity contribution in [1.29, 1.82) is 0 Å². The van der Waals surface area contributed by atoms with Crippen LogP contribution in [0.3, 0.4) is 0 Å². The fraction of sp³-hybridized carbons (Fsp3) is 0.353. The molecule has 0 amide bonds. The van der Waals surface area contributed by atoms with Gasteiger partial charge in [0.2, 0.25) is 0 Å². The van der Waals surface area contributed by atoms with Gasteiger partial charge < -0.3 is 14.4 Å². The molecule has 0 aliphatic carbocycles. The molecule has 1 aromatic carbocycles. The molecule has 4 rings (SSSR count). The van der Waals surface area contributed by atoms with E-state index in [-0.39, 0.29) is 12.2 Å². The third-order valence-electron chi connectivity index (χ3n) is 4.12. The van der Waals surface area contributed by atoms with Crippen LogP contribution in [-0.2, 0) is 15.9 Å². The smallest absolute Gasteiger partial charge is 0.147 e. The summed E-state index contributed by atoms with van der Waals surface area (Å²) in [5.74, 6) is 1.02. The molecule has 2 fully saturated rings. The molecular formula is C17H18N2O2. The van der Waals surface area contributed by atoms with Crippen molar-refractivity contribution in [1.82, 2.24) is 4.98 Å². The number of hydrogen-bond acceptors (Lipinski definition) is 4. The van der Waals surface area contributed by atoms with E-state index in [1.54, 1.807) is 0 Å². The Kier molecular flexibility index (Phi) is 3.33. The predicted octanol–water partition coefficient (Wildman–Crippen LogP) is 2.23. The maximum absolute atomic E-state index is 5.56. The SMILES string of the molecule is c1ccc(Cc2cccc(N3C[C@@H]4OCO[C@@H]4C3)n2)cc1. The van der Waals surface area contributed by atoms with E-state index >= 15 is 0 Å². The van der Waals surface area contributed by atoms with Gasteiger partial charge in [0.25, 0.3) is 0 Å². The summed E-state index contributed by atoms with van der Waals surface area (Å²) in [6, 6.07) is 16.7. The molecule has 3 heterocycles. The molecule has 2 atom stereocenters. The molecule has 4 nitrogen and oxygen atoms in total. The van der Waals surface area contributed by atoms with Crippen LogP contribution >= 0.6 is 0 Å². The van der Waals surface area contributed by atoms with E-state index in [4.69, 9.17) is 14.5 Å². The summed E-state index contributed by atoms with van der Waals surface area (Å²) in [7, 11) is 0. The number of ether oxygens (including phenoxy) is 2. The average molecular weight is 282 g/mol. The van der Waals surface area contributed by atoms with Gasteiger partial charge in [-0.15, -0.1) is 0 Å². The molecule has 0 saturated carbocycles. The highest BCUT2D eigenvalue weighted by atomic mass is 16.7. The summed E-state index contributed by atoms with van der Waals surface area (Å²) in [4.78, 5) is 7.05. The molecular weight excluding hydrogens is 264 g/mol. The topological polar surface area (TPSA) is 34.6 Å². The number of benzene rings is 1. The van der Waals surface area contributed by atoms with Gasteiger partial charge in [0.1, 0.15) is 24.8 Å². The van der Waals surface area contributed by atoms with E-state index in [0.717, 1.165) is 31.0 Å². The van der Waals surface area contributed by atoms with E-state index in [1.165, 1.54) is 5.56 Å². The molecule has 0 unspecified atom stereocenters. The zero-order chi connectivity index (χ0) is 14.1. The molecule has 0 spiro atoms. The molecule has 2 aliphatic rings. The molecule has 0 radical (unpaired) electrons. The molecule has 0 bridgehead atoms. The second-order valence-electron chi connectivity index (χ2n) is 5.58. The van der Waals surface area contributed by atoms with Gasteiger partial charge >= 0.3 is 0 Å². The lowest BCUT2D eigenvalue weighted by molar-refractivity contribution is 0.0352. The summed E-state index contributed by atoms with van der Waals surface area (Å²) in [5, 5.41) is 0. The first-order valence-corrected chi connectivity index (χ1v) is 7.36. The fourth-order valence-electron chi connectivity index (χ4n) is 3.01. The van der Waals surface area contributed by atoms with Crippen molar-refractivity contribution >= 4 is 5.82 Å². The minimum absolute atomic E-state index is 0.199. The highest BCUT2D eigenvalue weighted by Gasteiger charge is 2.38. The normalized spacial score (nSPS) is 24.3. The van der Waals surface area contributed by atoms with Crippen LogP contribution in [0.4, 0.5) is 5.82 Å². The Morgan fingerprint density at radius 1 is 0.952 bits per heavy atom. The van der Waals surface area contributed by atoms with Crippen molar-refractivity contribution in [2.75, 3.05) is 24.8 Å². The third-order valence-corrected chi connectivity index (χ3v) is 4.12. The lowest BCUT2D eigenvalue weighted by Crippen LogP contribution is -2.24. The number of pyridine rings is 1. The maximum Gasteiger partial charge on any atom is 0.147 e. The Balaban J connectivity index is 1.51. The van der Waals surface area contributed by atoms with Crippen LogP contribution < -0.4 is 4.90 Å². The van der Waals surface area contributed by atoms with Gasteiger partial charge in [-0.2, -0.15) is 0 Å². The van der Waals surface area contributed by atoms with Crippen LogP contribution in [0, 0.1) is 0 Å². The Morgan fingerprint density at radius 3 is 2.48 bits per heavy atom. The third kappa shape index (κ3) is 2.64. The zero-order valence-electron chi connectivity index (χ0n) is 11.8. The van der Waals surface area contributed by atoms with Crippen LogP contribution in [0.5, 0.6) is 0 Å². The number of anilines is 1. The van der Waals surface area contributed by atoms with Crippen molar-refractivity contribution in [2.45, 2.75) is 18.6 Å². The lowest BCUT2D eigenvalue weighted by Gasteiger charge is -2.18. The van der Waals surface area contributed by atoms with Gasteiger partial charge in [0.05, 0.1) is 0 Å². The number of nitrogens with zero attached hydrogens (tertiary/aromatic N) is 2. The van der Waals surface area contributed by atoms with Gasteiger partial charge in [-0.1, -0.05) is 36.4 Å². The first kappa shape index (κ1) is 12.8. The number of aromatic nitrogens is 1. The van der Waals surface area contributed by atoms with Crippen molar-refractivity contribution in [3.8, 4) is 0 Å². The van der Waals surface area contributed by atoms with Gasteiger partial charge in [-0.25, -0.2) is 4.98 Å². The van der Waals surface area contributed by atoms with Crippen LogP contribution in [0.1, 0.15) is 11.3 Å². The predicted molar refractivity (Wildman–Crippen MR) is 80.3 cm³/mol. The maximum atomic E-state index is 5.56. The highest BCUT2D eigenvalue weighted by molar-refractivity contribution is 5.42. The molecule has 21 heavy (non-hydrogen) atoms. The monoisotopic (exact) mass is 282 g/mol. The standard InChI is InChI=1S/C17H18N2O2/c1-2-5-13(6-3-1)9-14-7-4-8-17(18-14)19-10-15-16(11-19)21-12-20-15/h1-8,15-16H,9-12H2/t15-,16+. The van der Waals surface area contributed by atoms with Crippen LogP contribution in [0.15, 0.2) is 48.5 Å². The second kappa shape index (κ2) is 5.47. The second-order valence-corrected chi connectivity index (χ2v) is 5.58. The van der Waals surface area contributed by atoms with Crippen LogP contribution in [0.2, 0.25) is 0 Å². The van der Waals surface area contributed by atoms with Gasteiger partial charge in [0.15, 0.2) is 0 Å². The Bertz CT molecular complexity index is 605. The molecule has 2 aromatic rings. The van der Waals surface area contributed by atoms with Gasteiger partial charge in [-0.3, -0.25) is 0 Å². The Hall–Kier alpha value is -1.91. The van der Waals surface area contributed by atoms with Gasteiger partial charge in [0, 0.05) is 25.2 Å². The number of rotatable bonds is 3. The fourth-order valence-corrected chi connectivity index (χ4v) is 3.01. The number of fused-ring (bicyclic) bond motifs is 1. The van der Waals surface area contributed by atoms with E-state index in [9.17, 15) is 0 Å². The minimum Gasteiger partial charge on any atom is -0.351 e. The van der Waals surface area contributed by atoms with Crippen molar-refractivity contribution in [3.63, 3.8) is 0 Å². The van der Waals surface area contributed by atoms with Crippen LogP contribution in [-0.4, -0.2) is 37.1 Å². The van der Waals surface area contributed by atoms with Gasteiger partial charge in [-0.05, 0) is 17.7 Å². The first-order valence-electron chi connectivity index (χ1n) is 7.36. The first-order chi connectivity index (χ1) is 10.4. The van der Waals surface area contributed by atoms with Crippen molar-refractivity contribution in [2.24, 2.45) is 0 Å². The quantitative estimate of drug-likeness (QED) is 0.864. The van der Waals surface area contributed by atoms with Crippen LogP contribution in [0.25, 0.3) is 0 Å². The number of hydrogen-bond donors (Lipinski definition) is 0. The summed E-state index contributed by atoms with van der Waals surface area (Å²) in [5.41, 5.74) is 2.38. The van der Waals surface area contributed by atoms with E-state index in [1.807, 2.05) is 6.07 Å². The molecule has 4 heteroatoms. The molecule has 2 saturated heterocycles. The summed E-state index contributed by atoms with van der Waals surface area (Å²) in [6.45, 7) is 2.17. The Labute approximate surface area is 124 Å². The van der Waals surface area contributed by atoms with E-state index < -0.39 is 0 Å². The largest absolute Gasteiger partial charge is 0.351 e. The molecule has 108 valence electrons. The van der Waals surface area contributed by atoms with E-state index in [2.05, 4.69) is 47.4 Å². The van der Waals surface area contributed by atoms with Crippen molar-refractivity contribution < 1.29 is 9.47 Å². The molecule has 0 N–H and O–H groups in total. The molecule has 2 aliphatic heterocycles. The Morgan fingerprint density at radius 2 is 1.71 bits per heavy atom. The minimum atomic E-state index is 0.199. The molecule has 1 aromatic heterocycles. The highest BCUT2D eigenvalue weighted by Crippen LogP contribution is 2.26. The van der Waals surface area contributed by atoms with E-state index in [0.29, 0.717) is 6.79 Å². The summed E-state index contributed by atoms with van der Waals surface area (Å²) >= 11 is 0. The summed E-state index contributed by atoms with van der Waals surface area (Å²) < 4.78 is 11.1. The zero-order valence-corrected chi connectivity index (χ0v) is 11.8. The average Bonchev–Trinajstić information content (AvgIpc) is 3.10.